The van der Waals surface area contributed by atoms with Gasteiger partial charge in [-0.25, -0.2) is 9.97 Å². The Kier molecular flexibility index (Phi) is 5.40. The van der Waals surface area contributed by atoms with E-state index in [2.05, 4.69) is 34.0 Å². The zero-order valence-electron chi connectivity index (χ0n) is 16.8. The fraction of sp³-hybridized carbons (Fsp3) is 0.476. The number of H-pyrrole nitrogens is 1. The number of piperidine rings is 1. The molecule has 0 bridgehead atoms. The Balaban J connectivity index is 0.00000272. The van der Waals surface area contributed by atoms with Crippen LogP contribution in [0.4, 0.5) is 19.0 Å². The summed E-state index contributed by atoms with van der Waals surface area (Å²) in [5.41, 5.74) is -0.479. The quantitative estimate of drug-likeness (QED) is 0.648. The minimum atomic E-state index is -4.56. The van der Waals surface area contributed by atoms with Crippen LogP contribution < -0.4 is 4.90 Å². The van der Waals surface area contributed by atoms with Crippen molar-refractivity contribution >= 4 is 16.9 Å². The summed E-state index contributed by atoms with van der Waals surface area (Å²) in [6, 6.07) is 5.81. The van der Waals surface area contributed by atoms with Gasteiger partial charge >= 0.3 is 6.18 Å². The van der Waals surface area contributed by atoms with Gasteiger partial charge in [-0.15, -0.1) is 0 Å². The van der Waals surface area contributed by atoms with Gasteiger partial charge in [0.25, 0.3) is 0 Å². The lowest BCUT2D eigenvalue weighted by molar-refractivity contribution is -0.137. The second-order valence-corrected chi connectivity index (χ2v) is 8.23. The predicted octanol–water partition coefficient (Wildman–Crippen LogP) is 4.52. The molecule has 0 spiro atoms. The van der Waals surface area contributed by atoms with E-state index in [0.717, 1.165) is 12.5 Å². The van der Waals surface area contributed by atoms with Gasteiger partial charge in [-0.1, -0.05) is 13.8 Å². The minimum Gasteiger partial charge on any atom is -0.393 e. The summed E-state index contributed by atoms with van der Waals surface area (Å²) in [6.07, 6.45) is -2.01. The molecule has 4 rings (SSSR count). The van der Waals surface area contributed by atoms with E-state index >= 15 is 0 Å². The van der Waals surface area contributed by atoms with Crippen molar-refractivity contribution in [3.05, 3.63) is 36.0 Å². The Hall–Kier alpha value is -2.68. The van der Waals surface area contributed by atoms with Crippen molar-refractivity contribution in [2.45, 2.75) is 39.0 Å². The largest absolute Gasteiger partial charge is 0.418 e. The molecule has 2 atom stereocenters. The van der Waals surface area contributed by atoms with Crippen LogP contribution >= 0.6 is 0 Å². The van der Waals surface area contributed by atoms with E-state index in [-0.39, 0.29) is 18.7 Å². The van der Waals surface area contributed by atoms with Crippen LogP contribution in [0.15, 0.2) is 30.5 Å². The van der Waals surface area contributed by atoms with E-state index in [1.54, 1.807) is 12.1 Å². The third-order valence-electron chi connectivity index (χ3n) is 5.54. The van der Waals surface area contributed by atoms with Gasteiger partial charge in [0.2, 0.25) is 0 Å². The van der Waals surface area contributed by atoms with Crippen LogP contribution in [0.2, 0.25) is 0 Å². The molecule has 9 heteroatoms. The Bertz CT molecular complexity index is 1040. The Labute approximate surface area is 173 Å². The molecule has 1 fully saturated rings. The van der Waals surface area contributed by atoms with Gasteiger partial charge in [-0.3, -0.25) is 5.10 Å². The summed E-state index contributed by atoms with van der Waals surface area (Å²) in [7, 11) is 0. The van der Waals surface area contributed by atoms with Crippen LogP contribution in [0, 0.1) is 11.8 Å². The Morgan fingerprint density at radius 2 is 2.10 bits per heavy atom. The first-order chi connectivity index (χ1) is 14.2. The number of hydrogen-bond donors (Lipinski definition) is 2. The standard InChI is InChI=1S/C21H24F3N5O.H2/c1-12(2)10-13-11-29(9-7-16(13)30)17-6-5-15(21(22,23)24)19(26-17)18-14-4-3-8-25-20(14)28-27-18;/h3-6,8,12-13,16,30H,7,9-11H2,1-2H3,(H,25,27,28);1H/t13-,16-;/m0./s1. The number of fused-ring (bicyclic) bond motifs is 1. The highest BCUT2D eigenvalue weighted by Crippen LogP contribution is 2.39. The third kappa shape index (κ3) is 3.98. The number of alkyl halides is 3. The van der Waals surface area contributed by atoms with Gasteiger partial charge in [0, 0.05) is 32.0 Å². The van der Waals surface area contributed by atoms with Gasteiger partial charge in [-0.2, -0.15) is 18.3 Å². The maximum Gasteiger partial charge on any atom is 0.418 e. The molecule has 1 aliphatic rings. The van der Waals surface area contributed by atoms with Crippen LogP contribution in [0.3, 0.4) is 0 Å². The lowest BCUT2D eigenvalue weighted by atomic mass is 9.87. The molecule has 0 aromatic carbocycles. The van der Waals surface area contributed by atoms with Crippen molar-refractivity contribution in [2.75, 3.05) is 18.0 Å². The lowest BCUT2D eigenvalue weighted by Crippen LogP contribution is -2.44. The summed E-state index contributed by atoms with van der Waals surface area (Å²) in [4.78, 5) is 10.5. The topological polar surface area (TPSA) is 77.9 Å². The average Bonchev–Trinajstić information content (AvgIpc) is 3.12. The van der Waals surface area contributed by atoms with Crippen molar-refractivity contribution in [1.29, 1.82) is 0 Å². The van der Waals surface area contributed by atoms with Crippen molar-refractivity contribution in [3.63, 3.8) is 0 Å². The molecular formula is C21H26F3N5O. The summed E-state index contributed by atoms with van der Waals surface area (Å²) in [6.45, 7) is 5.29. The molecule has 6 nitrogen and oxygen atoms in total. The van der Waals surface area contributed by atoms with Crippen LogP contribution in [-0.2, 0) is 6.18 Å². The second-order valence-electron chi connectivity index (χ2n) is 8.23. The van der Waals surface area contributed by atoms with Gasteiger partial charge in [0.05, 0.1) is 17.4 Å². The van der Waals surface area contributed by atoms with Crippen molar-refractivity contribution < 1.29 is 19.7 Å². The molecule has 1 saturated heterocycles. The number of rotatable bonds is 4. The van der Waals surface area contributed by atoms with Gasteiger partial charge < -0.3 is 10.0 Å². The normalized spacial score (nSPS) is 20.3. The summed E-state index contributed by atoms with van der Waals surface area (Å²) in [5, 5.41) is 17.5. The Morgan fingerprint density at radius 1 is 1.30 bits per heavy atom. The molecule has 0 amide bonds. The molecule has 2 N–H and O–H groups in total. The first kappa shape index (κ1) is 20.6. The van der Waals surface area contributed by atoms with Gasteiger partial charge in [0.15, 0.2) is 5.65 Å². The number of pyridine rings is 2. The van der Waals surface area contributed by atoms with E-state index in [4.69, 9.17) is 0 Å². The van der Waals surface area contributed by atoms with E-state index in [0.29, 0.717) is 42.3 Å². The number of nitrogens with one attached hydrogen (secondary N) is 1. The second kappa shape index (κ2) is 7.86. The molecule has 30 heavy (non-hydrogen) atoms. The van der Waals surface area contributed by atoms with Crippen molar-refractivity contribution in [2.24, 2.45) is 11.8 Å². The van der Waals surface area contributed by atoms with Crippen LogP contribution in [0.1, 0.15) is 33.7 Å². The molecule has 3 aromatic heterocycles. The van der Waals surface area contributed by atoms with E-state index in [1.165, 1.54) is 12.3 Å². The fourth-order valence-corrected chi connectivity index (χ4v) is 4.14. The number of halogens is 3. The van der Waals surface area contributed by atoms with Crippen LogP contribution in [-0.4, -0.2) is 44.5 Å². The maximum absolute atomic E-state index is 13.7. The average molecular weight is 421 g/mol. The monoisotopic (exact) mass is 421 g/mol. The highest BCUT2D eigenvalue weighted by atomic mass is 19.4. The number of nitrogens with zero attached hydrogens (tertiary/aromatic N) is 4. The third-order valence-corrected chi connectivity index (χ3v) is 5.54. The molecule has 162 valence electrons. The number of aliphatic hydroxyl groups is 1. The summed E-state index contributed by atoms with van der Waals surface area (Å²) in [5.74, 6) is 0.943. The van der Waals surface area contributed by atoms with Crippen molar-refractivity contribution in [3.8, 4) is 11.4 Å². The number of anilines is 1. The highest BCUT2D eigenvalue weighted by Gasteiger charge is 2.37. The lowest BCUT2D eigenvalue weighted by Gasteiger charge is -2.38. The van der Waals surface area contributed by atoms with Crippen molar-refractivity contribution in [1.82, 2.24) is 20.2 Å². The predicted molar refractivity (Wildman–Crippen MR) is 110 cm³/mol. The zero-order valence-corrected chi connectivity index (χ0v) is 16.8. The van der Waals surface area contributed by atoms with Gasteiger partial charge in [0.1, 0.15) is 11.5 Å². The molecule has 0 unspecified atom stereocenters. The molecule has 1 aliphatic heterocycles. The maximum atomic E-state index is 13.7. The fourth-order valence-electron chi connectivity index (χ4n) is 4.14. The molecular weight excluding hydrogens is 395 g/mol. The number of hydrogen-bond acceptors (Lipinski definition) is 5. The van der Waals surface area contributed by atoms with E-state index in [9.17, 15) is 18.3 Å². The first-order valence-electron chi connectivity index (χ1n) is 10.0. The smallest absolute Gasteiger partial charge is 0.393 e. The summed E-state index contributed by atoms with van der Waals surface area (Å²) < 4.78 is 41.2. The molecule has 0 aliphatic carbocycles. The molecule has 3 aromatic rings. The van der Waals surface area contributed by atoms with Gasteiger partial charge in [-0.05, 0) is 43.0 Å². The summed E-state index contributed by atoms with van der Waals surface area (Å²) >= 11 is 0. The molecule has 0 radical (unpaired) electrons. The number of aromatic nitrogens is 4. The highest BCUT2D eigenvalue weighted by molar-refractivity contribution is 5.90. The van der Waals surface area contributed by atoms with E-state index in [1.807, 2.05) is 4.90 Å². The SMILES string of the molecule is CC(C)C[C@H]1CN(c2ccc(C(F)(F)F)c(-c3[nH]nc4ncccc34)n2)CC[C@@H]1O.[HH]. The van der Waals surface area contributed by atoms with Crippen LogP contribution in [0.25, 0.3) is 22.4 Å². The first-order valence-corrected chi connectivity index (χ1v) is 10.0. The van der Waals surface area contributed by atoms with Crippen LogP contribution in [0.5, 0.6) is 0 Å². The molecule has 4 heterocycles. The molecule has 0 saturated carbocycles. The zero-order chi connectivity index (χ0) is 21.5. The number of aromatic amines is 1. The van der Waals surface area contributed by atoms with E-state index < -0.39 is 17.8 Å². The number of aliphatic hydroxyl groups excluding tert-OH is 1. The minimum absolute atomic E-state index is 0. The Morgan fingerprint density at radius 3 is 2.83 bits per heavy atom.